The molecule has 7 heteroatoms. The Kier molecular flexibility index (Phi) is 9.59. The fourth-order valence-electron chi connectivity index (χ4n) is 4.92. The monoisotopic (exact) mass is 563 g/mol. The fourth-order valence-corrected chi connectivity index (χ4v) is 4.92. The van der Waals surface area contributed by atoms with Crippen molar-refractivity contribution in [3.8, 4) is 28.6 Å². The SMILES string of the molecule is CCCc1nc(CC)n(-c2ccc(OC(C)(C)C(=O)OCC)cc2)c(=O)c1Cc1ccc(-c2ccccc2C#N)cc1. The van der Waals surface area contributed by atoms with Crippen LogP contribution in [-0.2, 0) is 28.8 Å². The number of aryl methyl sites for hydroxylation is 2. The largest absolute Gasteiger partial charge is 0.476 e. The van der Waals surface area contributed by atoms with E-state index in [1.807, 2.05) is 67.6 Å². The zero-order valence-corrected chi connectivity index (χ0v) is 24.9. The lowest BCUT2D eigenvalue weighted by Gasteiger charge is -2.24. The van der Waals surface area contributed by atoms with Crippen molar-refractivity contribution in [2.75, 3.05) is 6.61 Å². The normalized spacial score (nSPS) is 11.1. The number of nitriles is 1. The molecule has 42 heavy (non-hydrogen) atoms. The number of rotatable bonds is 11. The van der Waals surface area contributed by atoms with E-state index in [1.165, 1.54) is 0 Å². The van der Waals surface area contributed by atoms with Gasteiger partial charge >= 0.3 is 5.97 Å². The number of hydrogen-bond acceptors (Lipinski definition) is 6. The summed E-state index contributed by atoms with van der Waals surface area (Å²) in [6.07, 6.45) is 2.62. The van der Waals surface area contributed by atoms with Gasteiger partial charge in [-0.3, -0.25) is 9.36 Å². The lowest BCUT2D eigenvalue weighted by atomic mass is 9.97. The summed E-state index contributed by atoms with van der Waals surface area (Å²) in [5, 5.41) is 9.49. The number of carbonyl (C=O) groups excluding carboxylic acids is 1. The quantitative estimate of drug-likeness (QED) is 0.191. The van der Waals surface area contributed by atoms with Crippen LogP contribution in [0.1, 0.15) is 69.2 Å². The molecule has 1 heterocycles. The second-order valence-electron chi connectivity index (χ2n) is 10.6. The van der Waals surface area contributed by atoms with Crippen LogP contribution >= 0.6 is 0 Å². The van der Waals surface area contributed by atoms with Gasteiger partial charge in [-0.15, -0.1) is 0 Å². The van der Waals surface area contributed by atoms with E-state index in [-0.39, 0.29) is 12.2 Å². The molecule has 0 bridgehead atoms. The summed E-state index contributed by atoms with van der Waals surface area (Å²) >= 11 is 0. The summed E-state index contributed by atoms with van der Waals surface area (Å²) in [5.41, 5.74) is 4.38. The second kappa shape index (κ2) is 13.3. The summed E-state index contributed by atoms with van der Waals surface area (Å²) in [5.74, 6) is 0.745. The first-order chi connectivity index (χ1) is 20.2. The van der Waals surface area contributed by atoms with Crippen LogP contribution < -0.4 is 10.3 Å². The molecular formula is C35H37N3O4. The Balaban J connectivity index is 1.68. The van der Waals surface area contributed by atoms with Gasteiger partial charge in [-0.05, 0) is 74.2 Å². The molecule has 0 N–H and O–H groups in total. The zero-order chi connectivity index (χ0) is 30.3. The van der Waals surface area contributed by atoms with Crippen LogP contribution in [0.3, 0.4) is 0 Å². The van der Waals surface area contributed by atoms with E-state index in [0.29, 0.717) is 47.7 Å². The van der Waals surface area contributed by atoms with E-state index < -0.39 is 11.6 Å². The highest BCUT2D eigenvalue weighted by Crippen LogP contribution is 2.25. The summed E-state index contributed by atoms with van der Waals surface area (Å²) in [6.45, 7) is 9.43. The minimum Gasteiger partial charge on any atom is -0.476 e. The third-order valence-electron chi connectivity index (χ3n) is 7.06. The van der Waals surface area contributed by atoms with Crippen molar-refractivity contribution in [3.05, 3.63) is 111 Å². The number of benzene rings is 3. The Hall–Kier alpha value is -4.70. The van der Waals surface area contributed by atoms with Gasteiger partial charge in [-0.1, -0.05) is 62.7 Å². The second-order valence-corrected chi connectivity index (χ2v) is 10.6. The molecule has 0 aliphatic carbocycles. The van der Waals surface area contributed by atoms with Gasteiger partial charge in [-0.25, -0.2) is 9.78 Å². The molecule has 0 spiro atoms. The molecule has 1 aromatic heterocycles. The van der Waals surface area contributed by atoms with Crippen LogP contribution in [0.2, 0.25) is 0 Å². The molecule has 0 atom stereocenters. The smallest absolute Gasteiger partial charge is 0.349 e. The Bertz CT molecular complexity index is 1650. The van der Waals surface area contributed by atoms with E-state index >= 15 is 0 Å². The molecular weight excluding hydrogens is 526 g/mol. The first-order valence-corrected chi connectivity index (χ1v) is 14.4. The van der Waals surface area contributed by atoms with Crippen LogP contribution in [0.15, 0.2) is 77.6 Å². The molecule has 0 saturated heterocycles. The predicted molar refractivity (Wildman–Crippen MR) is 164 cm³/mol. The van der Waals surface area contributed by atoms with Gasteiger partial charge in [-0.2, -0.15) is 5.26 Å². The highest BCUT2D eigenvalue weighted by Gasteiger charge is 2.31. The van der Waals surface area contributed by atoms with E-state index in [1.54, 1.807) is 37.5 Å². The molecule has 0 amide bonds. The summed E-state index contributed by atoms with van der Waals surface area (Å²) in [7, 11) is 0. The summed E-state index contributed by atoms with van der Waals surface area (Å²) < 4.78 is 12.7. The number of hydrogen-bond donors (Lipinski definition) is 0. The summed E-state index contributed by atoms with van der Waals surface area (Å²) in [4.78, 5) is 31.3. The van der Waals surface area contributed by atoms with Crippen LogP contribution in [0.5, 0.6) is 5.75 Å². The van der Waals surface area contributed by atoms with Gasteiger partial charge in [0, 0.05) is 18.4 Å². The zero-order valence-electron chi connectivity index (χ0n) is 24.9. The van der Waals surface area contributed by atoms with E-state index in [9.17, 15) is 14.9 Å². The summed E-state index contributed by atoms with van der Waals surface area (Å²) in [6, 6.07) is 24.9. The topological polar surface area (TPSA) is 94.2 Å². The van der Waals surface area contributed by atoms with Crippen molar-refractivity contribution in [2.45, 2.75) is 65.9 Å². The molecule has 3 aromatic carbocycles. The Morgan fingerprint density at radius 2 is 1.67 bits per heavy atom. The third-order valence-corrected chi connectivity index (χ3v) is 7.06. The molecule has 4 aromatic rings. The molecule has 0 fully saturated rings. The molecule has 4 rings (SSSR count). The van der Waals surface area contributed by atoms with E-state index in [2.05, 4.69) is 13.0 Å². The van der Waals surface area contributed by atoms with Crippen LogP contribution in [0.4, 0.5) is 0 Å². The minimum absolute atomic E-state index is 0.0928. The van der Waals surface area contributed by atoms with Crippen molar-refractivity contribution in [2.24, 2.45) is 0 Å². The maximum absolute atomic E-state index is 14.1. The van der Waals surface area contributed by atoms with Crippen molar-refractivity contribution in [1.82, 2.24) is 9.55 Å². The average molecular weight is 564 g/mol. The predicted octanol–water partition coefficient (Wildman–Crippen LogP) is 6.60. The number of carbonyl (C=O) groups is 1. The van der Waals surface area contributed by atoms with Gasteiger partial charge in [0.05, 0.1) is 29.6 Å². The van der Waals surface area contributed by atoms with Crippen LogP contribution in [0, 0.1) is 11.3 Å². The van der Waals surface area contributed by atoms with Crippen molar-refractivity contribution >= 4 is 5.97 Å². The lowest BCUT2D eigenvalue weighted by molar-refractivity contribution is -0.158. The number of ether oxygens (including phenoxy) is 2. The van der Waals surface area contributed by atoms with Crippen LogP contribution in [-0.4, -0.2) is 27.7 Å². The number of nitrogens with zero attached hydrogens (tertiary/aromatic N) is 3. The van der Waals surface area contributed by atoms with Crippen LogP contribution in [0.25, 0.3) is 16.8 Å². The molecule has 7 nitrogen and oxygen atoms in total. The average Bonchev–Trinajstić information content (AvgIpc) is 2.99. The minimum atomic E-state index is -1.15. The molecule has 0 aliphatic rings. The van der Waals surface area contributed by atoms with Gasteiger partial charge in [0.25, 0.3) is 5.56 Å². The van der Waals surface area contributed by atoms with Crippen molar-refractivity contribution in [3.63, 3.8) is 0 Å². The standard InChI is InChI=1S/C35H37N3O4/c1-6-11-31-30(22-24-14-16-25(17-15-24)29-13-10-9-12-26(29)23-36)33(39)38(32(7-2)37-31)27-18-20-28(21-19-27)42-35(4,5)34(40)41-8-3/h9-10,12-21H,6-8,11,22H2,1-5H3. The highest BCUT2D eigenvalue weighted by atomic mass is 16.6. The van der Waals surface area contributed by atoms with E-state index in [4.69, 9.17) is 14.5 Å². The van der Waals surface area contributed by atoms with Gasteiger partial charge in [0.2, 0.25) is 0 Å². The first-order valence-electron chi connectivity index (χ1n) is 14.4. The Labute approximate surface area is 247 Å². The molecule has 0 unspecified atom stereocenters. The molecule has 0 saturated carbocycles. The fraction of sp³-hybridized carbons (Fsp3) is 0.314. The molecule has 216 valence electrons. The van der Waals surface area contributed by atoms with E-state index in [0.717, 1.165) is 28.8 Å². The Morgan fingerprint density at radius 1 is 0.976 bits per heavy atom. The highest BCUT2D eigenvalue weighted by molar-refractivity contribution is 5.79. The third kappa shape index (κ3) is 6.60. The van der Waals surface area contributed by atoms with Gasteiger partial charge < -0.3 is 9.47 Å². The Morgan fingerprint density at radius 3 is 2.29 bits per heavy atom. The molecule has 0 aliphatic heterocycles. The van der Waals surface area contributed by atoms with Gasteiger partial charge in [0.1, 0.15) is 11.6 Å². The first kappa shape index (κ1) is 30.3. The van der Waals surface area contributed by atoms with Crippen molar-refractivity contribution < 1.29 is 14.3 Å². The maximum atomic E-state index is 14.1. The van der Waals surface area contributed by atoms with Crippen molar-refractivity contribution in [1.29, 1.82) is 5.26 Å². The molecule has 0 radical (unpaired) electrons. The maximum Gasteiger partial charge on any atom is 0.349 e. The number of aromatic nitrogens is 2. The lowest BCUT2D eigenvalue weighted by Crippen LogP contribution is -2.39. The van der Waals surface area contributed by atoms with Gasteiger partial charge in [0.15, 0.2) is 5.60 Å². The number of esters is 1.